The van der Waals surface area contributed by atoms with Gasteiger partial charge in [-0.2, -0.15) is 0 Å². The number of nitrogens with zero attached hydrogens (tertiary/aromatic N) is 4. The molecule has 4 aromatic rings. The fourth-order valence-electron chi connectivity index (χ4n) is 6.45. The minimum absolute atomic E-state index is 0.0292. The average Bonchev–Trinajstić information content (AvgIpc) is 3.41. The largest absolute Gasteiger partial charge is 0.373 e. The van der Waals surface area contributed by atoms with Crippen LogP contribution in [0, 0.1) is 6.92 Å². The number of rotatable bonds is 7. The van der Waals surface area contributed by atoms with Gasteiger partial charge in [0.1, 0.15) is 22.8 Å². The van der Waals surface area contributed by atoms with Gasteiger partial charge in [0, 0.05) is 54.0 Å². The van der Waals surface area contributed by atoms with Crippen LogP contribution in [-0.4, -0.2) is 38.5 Å². The molecular weight excluding hydrogens is 464 g/mol. The fraction of sp³-hybridized carbons (Fsp3) is 0.433. The number of anilines is 1. The molecule has 1 aliphatic carbocycles. The maximum atomic E-state index is 11.9. The Labute approximate surface area is 216 Å². The first-order chi connectivity index (χ1) is 18.1. The van der Waals surface area contributed by atoms with Gasteiger partial charge in [0.25, 0.3) is 0 Å². The molecule has 7 rings (SSSR count). The molecule has 37 heavy (non-hydrogen) atoms. The van der Waals surface area contributed by atoms with Crippen LogP contribution in [0.4, 0.5) is 5.69 Å². The van der Waals surface area contributed by atoms with Crippen LogP contribution in [-0.2, 0) is 11.3 Å². The molecule has 190 valence electrons. The molecule has 2 unspecified atom stereocenters. The number of aryl methyl sites for hydroxylation is 1. The average molecular weight is 497 g/mol. The summed E-state index contributed by atoms with van der Waals surface area (Å²) in [6.07, 6.45) is 10.6. The maximum Gasteiger partial charge on any atom is 0.178 e. The number of fused-ring (bicyclic) bond motifs is 3. The van der Waals surface area contributed by atoms with Gasteiger partial charge in [-0.3, -0.25) is 9.20 Å². The zero-order chi connectivity index (χ0) is 25.1. The summed E-state index contributed by atoms with van der Waals surface area (Å²) >= 11 is 0. The molecule has 0 spiro atoms. The Balaban J connectivity index is 1.09. The van der Waals surface area contributed by atoms with E-state index >= 15 is 0 Å². The number of hydrogen-bond acceptors (Lipinski definition) is 6. The Morgan fingerprint density at radius 1 is 1.11 bits per heavy atom. The van der Waals surface area contributed by atoms with E-state index < -0.39 is 0 Å². The number of piperidine rings is 1. The third-order valence-corrected chi connectivity index (χ3v) is 8.48. The van der Waals surface area contributed by atoms with Crippen molar-refractivity contribution in [3.05, 3.63) is 71.4 Å². The number of ketones is 1. The van der Waals surface area contributed by atoms with E-state index in [1.807, 2.05) is 10.6 Å². The van der Waals surface area contributed by atoms with E-state index in [1.54, 1.807) is 13.1 Å². The highest BCUT2D eigenvalue weighted by Crippen LogP contribution is 2.45. The number of benzene rings is 1. The van der Waals surface area contributed by atoms with Crippen molar-refractivity contribution >= 4 is 17.1 Å². The van der Waals surface area contributed by atoms with Crippen molar-refractivity contribution in [3.8, 4) is 11.3 Å². The number of ether oxygens (including phenoxy) is 1. The minimum Gasteiger partial charge on any atom is -0.373 e. The summed E-state index contributed by atoms with van der Waals surface area (Å²) in [5.74, 6) is 1.54. The molecule has 3 atom stereocenters. The number of carbonyl (C=O) groups is 1. The zero-order valence-electron chi connectivity index (χ0n) is 21.4. The van der Waals surface area contributed by atoms with Gasteiger partial charge in [0.15, 0.2) is 5.78 Å². The lowest BCUT2D eigenvalue weighted by atomic mass is 9.98. The normalized spacial score (nSPS) is 23.2. The Morgan fingerprint density at radius 2 is 1.89 bits per heavy atom. The topological polar surface area (TPSA) is 72.9 Å². The van der Waals surface area contributed by atoms with E-state index in [9.17, 15) is 4.79 Å². The Hall–Kier alpha value is -3.45. The highest BCUT2D eigenvalue weighted by molar-refractivity contribution is 5.93. The van der Waals surface area contributed by atoms with E-state index in [0.29, 0.717) is 30.3 Å². The van der Waals surface area contributed by atoms with E-state index in [1.165, 1.54) is 36.9 Å². The van der Waals surface area contributed by atoms with Gasteiger partial charge in [-0.05, 0) is 57.1 Å². The van der Waals surface area contributed by atoms with Crippen molar-refractivity contribution < 1.29 is 14.1 Å². The molecule has 2 saturated heterocycles. The molecule has 0 radical (unpaired) electrons. The van der Waals surface area contributed by atoms with Crippen LogP contribution < -0.4 is 4.90 Å². The molecule has 0 N–H and O–H groups in total. The quantitative estimate of drug-likeness (QED) is 0.288. The lowest BCUT2D eigenvalue weighted by Crippen LogP contribution is -2.45. The van der Waals surface area contributed by atoms with Crippen molar-refractivity contribution in [3.63, 3.8) is 0 Å². The van der Waals surface area contributed by atoms with E-state index in [-0.39, 0.29) is 11.9 Å². The van der Waals surface area contributed by atoms with Gasteiger partial charge in [0.05, 0.1) is 18.9 Å². The van der Waals surface area contributed by atoms with Crippen molar-refractivity contribution in [2.75, 3.05) is 4.90 Å². The summed E-state index contributed by atoms with van der Waals surface area (Å²) in [7, 11) is 0. The minimum atomic E-state index is 0.0292. The summed E-state index contributed by atoms with van der Waals surface area (Å²) in [5.41, 5.74) is 7.06. The molecule has 3 aliphatic rings. The SMILES string of the molecule is CC(=O)c1cnc2cc(N3C4CC[C@H]3CC(OCc3c(-c5ccccc5C)noc3C3CC3)C4)ccn12. The summed E-state index contributed by atoms with van der Waals surface area (Å²) in [5, 5.41) is 4.51. The molecule has 7 nitrogen and oxygen atoms in total. The third kappa shape index (κ3) is 3.96. The van der Waals surface area contributed by atoms with Crippen LogP contribution in [0.5, 0.6) is 0 Å². The van der Waals surface area contributed by atoms with E-state index in [0.717, 1.165) is 41.1 Å². The smallest absolute Gasteiger partial charge is 0.178 e. The Kier molecular flexibility index (Phi) is 5.43. The fourth-order valence-corrected chi connectivity index (χ4v) is 6.45. The molecule has 5 heterocycles. The van der Waals surface area contributed by atoms with Crippen molar-refractivity contribution in [2.45, 2.75) is 83.1 Å². The van der Waals surface area contributed by atoms with Crippen LogP contribution >= 0.6 is 0 Å². The molecule has 1 saturated carbocycles. The lowest BCUT2D eigenvalue weighted by molar-refractivity contribution is 0.0147. The summed E-state index contributed by atoms with van der Waals surface area (Å²) in [6.45, 7) is 4.26. The van der Waals surface area contributed by atoms with Gasteiger partial charge < -0.3 is 14.2 Å². The number of imidazole rings is 1. The van der Waals surface area contributed by atoms with E-state index in [2.05, 4.69) is 58.4 Å². The van der Waals surface area contributed by atoms with Gasteiger partial charge in [0.2, 0.25) is 0 Å². The molecule has 7 heteroatoms. The number of hydrogen-bond donors (Lipinski definition) is 0. The van der Waals surface area contributed by atoms with Gasteiger partial charge in [-0.25, -0.2) is 4.98 Å². The standard InChI is InChI=1S/C30H32N4O3/c1-18-5-3-4-6-25(18)29-26(30(37-32-29)20-7-8-20)17-36-24-13-21-9-10-22(14-24)34(21)23-11-12-33-27(19(2)35)16-31-28(33)15-23/h3-6,11-12,15-16,20-22,24H,7-10,13-14,17H2,1-2H3/t21-,22?,24?/m0/s1. The first-order valence-corrected chi connectivity index (χ1v) is 13.5. The number of carbonyl (C=O) groups excluding carboxylic acids is 1. The third-order valence-electron chi connectivity index (χ3n) is 8.48. The van der Waals surface area contributed by atoms with Crippen molar-refractivity contribution in [1.82, 2.24) is 14.5 Å². The number of aromatic nitrogens is 3. The molecule has 2 bridgehead atoms. The molecule has 3 aromatic heterocycles. The number of pyridine rings is 1. The summed E-state index contributed by atoms with van der Waals surface area (Å²) in [6, 6.07) is 13.5. The molecule has 2 aliphatic heterocycles. The second-order valence-corrected chi connectivity index (χ2v) is 11.0. The highest BCUT2D eigenvalue weighted by Gasteiger charge is 2.42. The molecule has 1 aromatic carbocycles. The summed E-state index contributed by atoms with van der Waals surface area (Å²) in [4.78, 5) is 18.9. The van der Waals surface area contributed by atoms with Crippen molar-refractivity contribution in [1.29, 1.82) is 0 Å². The van der Waals surface area contributed by atoms with Crippen LogP contribution in [0.25, 0.3) is 16.9 Å². The van der Waals surface area contributed by atoms with Crippen LogP contribution in [0.1, 0.15) is 78.7 Å². The van der Waals surface area contributed by atoms with Crippen LogP contribution in [0.2, 0.25) is 0 Å². The molecule has 0 amide bonds. The first-order valence-electron chi connectivity index (χ1n) is 13.5. The lowest BCUT2D eigenvalue weighted by Gasteiger charge is -2.40. The molecular formula is C30H32N4O3. The van der Waals surface area contributed by atoms with Crippen LogP contribution in [0.15, 0.2) is 53.3 Å². The van der Waals surface area contributed by atoms with Crippen LogP contribution in [0.3, 0.4) is 0 Å². The van der Waals surface area contributed by atoms with Crippen molar-refractivity contribution in [2.24, 2.45) is 0 Å². The number of Topliss-reactive ketones (excluding diaryl/α,β-unsaturated/α-hetero) is 1. The monoisotopic (exact) mass is 496 g/mol. The summed E-state index contributed by atoms with van der Waals surface area (Å²) < 4.78 is 14.4. The Bertz CT molecular complexity index is 1470. The zero-order valence-corrected chi connectivity index (χ0v) is 21.4. The van der Waals surface area contributed by atoms with Gasteiger partial charge in [-0.15, -0.1) is 0 Å². The predicted octanol–water partition coefficient (Wildman–Crippen LogP) is 6.09. The maximum absolute atomic E-state index is 11.9. The van der Waals surface area contributed by atoms with Gasteiger partial charge in [-0.1, -0.05) is 29.4 Å². The second-order valence-electron chi connectivity index (χ2n) is 11.0. The predicted molar refractivity (Wildman–Crippen MR) is 141 cm³/mol. The molecule has 3 fully saturated rings. The Morgan fingerprint density at radius 3 is 2.62 bits per heavy atom. The second kappa shape index (κ2) is 8.84. The highest BCUT2D eigenvalue weighted by atomic mass is 16.5. The van der Waals surface area contributed by atoms with E-state index in [4.69, 9.17) is 9.26 Å². The van der Waals surface area contributed by atoms with Gasteiger partial charge >= 0.3 is 0 Å². The first kappa shape index (κ1) is 22.7.